The Labute approximate surface area is 156 Å². The molecule has 6 heteroatoms. The molecular weight excluding hydrogens is 346 g/mol. The first-order chi connectivity index (χ1) is 12.6. The lowest BCUT2D eigenvalue weighted by atomic mass is 10.1. The zero-order chi connectivity index (χ0) is 18.4. The minimum Gasteiger partial charge on any atom is -0.351 e. The van der Waals surface area contributed by atoms with Crippen molar-refractivity contribution in [1.82, 2.24) is 10.3 Å². The van der Waals surface area contributed by atoms with E-state index < -0.39 is 0 Å². The van der Waals surface area contributed by atoms with Gasteiger partial charge in [0.15, 0.2) is 0 Å². The number of carbonyl (C=O) groups excluding carboxylic acids is 2. The van der Waals surface area contributed by atoms with Crippen LogP contribution in [0.4, 0.5) is 5.82 Å². The van der Waals surface area contributed by atoms with Gasteiger partial charge in [-0.1, -0.05) is 36.4 Å². The van der Waals surface area contributed by atoms with E-state index in [0.717, 1.165) is 16.7 Å². The van der Waals surface area contributed by atoms with Crippen LogP contribution in [0.25, 0.3) is 11.1 Å². The number of benzene rings is 1. The minimum absolute atomic E-state index is 0.167. The van der Waals surface area contributed by atoms with E-state index in [1.54, 1.807) is 12.3 Å². The summed E-state index contributed by atoms with van der Waals surface area (Å²) >= 11 is 1.39. The summed E-state index contributed by atoms with van der Waals surface area (Å²) in [7, 11) is 0. The third-order valence-electron chi connectivity index (χ3n) is 3.77. The van der Waals surface area contributed by atoms with E-state index in [1.807, 2.05) is 54.8 Å². The topological polar surface area (TPSA) is 71.1 Å². The van der Waals surface area contributed by atoms with Gasteiger partial charge >= 0.3 is 0 Å². The second-order valence-corrected chi connectivity index (χ2v) is 6.72. The van der Waals surface area contributed by atoms with E-state index in [1.165, 1.54) is 11.3 Å². The molecule has 0 atom stereocenters. The van der Waals surface area contributed by atoms with Crippen molar-refractivity contribution in [3.8, 4) is 11.1 Å². The van der Waals surface area contributed by atoms with Crippen molar-refractivity contribution in [2.45, 2.75) is 13.3 Å². The van der Waals surface area contributed by atoms with Gasteiger partial charge in [0.1, 0.15) is 5.82 Å². The molecule has 0 bridgehead atoms. The van der Waals surface area contributed by atoms with Crippen LogP contribution in [0.5, 0.6) is 0 Å². The molecule has 0 fully saturated rings. The molecule has 5 nitrogen and oxygen atoms in total. The van der Waals surface area contributed by atoms with Gasteiger partial charge in [0.2, 0.25) is 5.91 Å². The van der Waals surface area contributed by atoms with Gasteiger partial charge in [-0.2, -0.15) is 0 Å². The monoisotopic (exact) mass is 365 g/mol. The summed E-state index contributed by atoms with van der Waals surface area (Å²) in [5.41, 5.74) is 2.93. The van der Waals surface area contributed by atoms with Crippen molar-refractivity contribution in [3.05, 3.63) is 70.5 Å². The Bertz CT molecular complexity index is 889. The highest BCUT2D eigenvalue weighted by molar-refractivity contribution is 7.12. The van der Waals surface area contributed by atoms with Crippen molar-refractivity contribution in [1.29, 1.82) is 0 Å². The number of carbonyl (C=O) groups is 2. The zero-order valence-corrected chi connectivity index (χ0v) is 15.2. The summed E-state index contributed by atoms with van der Waals surface area (Å²) in [6, 6.07) is 15.3. The quantitative estimate of drug-likeness (QED) is 0.696. The maximum Gasteiger partial charge on any atom is 0.262 e. The second kappa shape index (κ2) is 8.40. The molecule has 3 aromatic rings. The fourth-order valence-corrected chi connectivity index (χ4v) is 3.28. The number of nitrogens with zero attached hydrogens (tertiary/aromatic N) is 1. The predicted octanol–water partition coefficient (Wildman–Crippen LogP) is 3.88. The Hall–Kier alpha value is -2.99. The molecule has 3 rings (SSSR count). The lowest BCUT2D eigenvalue weighted by Gasteiger charge is -2.07. The van der Waals surface area contributed by atoms with Crippen LogP contribution in [-0.2, 0) is 4.79 Å². The Morgan fingerprint density at radius 2 is 1.88 bits per heavy atom. The number of pyridine rings is 1. The average Bonchev–Trinajstić information content (AvgIpc) is 3.14. The highest BCUT2D eigenvalue weighted by atomic mass is 32.1. The fraction of sp³-hybridized carbons (Fsp3) is 0.150. The summed E-state index contributed by atoms with van der Waals surface area (Å²) in [5, 5.41) is 7.42. The standard InChI is InChI=1S/C20H19N3O2S/c1-14-7-8-17(22-13-14)23-18(24)9-11-21-20(25)19-16(10-12-26-19)15-5-3-2-4-6-15/h2-8,10,12-13H,9,11H2,1H3,(H,21,25)(H,22,23,24). The number of rotatable bonds is 6. The first-order valence-electron chi connectivity index (χ1n) is 8.27. The molecular formula is C20H19N3O2S. The van der Waals surface area contributed by atoms with Gasteiger partial charge in [-0.3, -0.25) is 9.59 Å². The van der Waals surface area contributed by atoms with E-state index in [2.05, 4.69) is 15.6 Å². The first-order valence-corrected chi connectivity index (χ1v) is 9.15. The van der Waals surface area contributed by atoms with Crippen molar-refractivity contribution < 1.29 is 9.59 Å². The number of aromatic nitrogens is 1. The first kappa shape index (κ1) is 17.8. The number of anilines is 1. The molecule has 2 heterocycles. The molecule has 26 heavy (non-hydrogen) atoms. The largest absolute Gasteiger partial charge is 0.351 e. The number of hydrogen-bond donors (Lipinski definition) is 2. The summed E-state index contributed by atoms with van der Waals surface area (Å²) in [6.07, 6.45) is 1.88. The van der Waals surface area contributed by atoms with Crippen molar-refractivity contribution in [2.24, 2.45) is 0 Å². The SMILES string of the molecule is Cc1ccc(NC(=O)CCNC(=O)c2sccc2-c2ccccc2)nc1. The third kappa shape index (κ3) is 4.55. The van der Waals surface area contributed by atoms with E-state index in [0.29, 0.717) is 10.7 Å². The lowest BCUT2D eigenvalue weighted by molar-refractivity contribution is -0.116. The third-order valence-corrected chi connectivity index (χ3v) is 4.69. The van der Waals surface area contributed by atoms with Crippen LogP contribution < -0.4 is 10.6 Å². The van der Waals surface area contributed by atoms with Crippen LogP contribution in [0.2, 0.25) is 0 Å². The average molecular weight is 365 g/mol. The van der Waals surface area contributed by atoms with E-state index in [-0.39, 0.29) is 24.8 Å². The predicted molar refractivity (Wildman–Crippen MR) is 104 cm³/mol. The van der Waals surface area contributed by atoms with Gasteiger partial charge in [-0.05, 0) is 35.6 Å². The Morgan fingerprint density at radius 1 is 1.08 bits per heavy atom. The number of aryl methyl sites for hydroxylation is 1. The van der Waals surface area contributed by atoms with Crippen LogP contribution in [0.15, 0.2) is 60.1 Å². The molecule has 2 N–H and O–H groups in total. The van der Waals surface area contributed by atoms with Gasteiger partial charge in [-0.15, -0.1) is 11.3 Å². The molecule has 2 aromatic heterocycles. The summed E-state index contributed by atoms with van der Waals surface area (Å²) < 4.78 is 0. The molecule has 0 saturated heterocycles. The molecule has 0 radical (unpaired) electrons. The summed E-state index contributed by atoms with van der Waals surface area (Å²) in [5.74, 6) is 0.160. The van der Waals surface area contributed by atoms with Crippen molar-refractivity contribution in [2.75, 3.05) is 11.9 Å². The number of hydrogen-bond acceptors (Lipinski definition) is 4. The summed E-state index contributed by atoms with van der Waals surface area (Å²) in [4.78, 5) is 29.2. The fourth-order valence-electron chi connectivity index (χ4n) is 2.45. The van der Waals surface area contributed by atoms with Gasteiger partial charge in [0.05, 0.1) is 4.88 Å². The van der Waals surface area contributed by atoms with Crippen LogP contribution in [-0.4, -0.2) is 23.3 Å². The zero-order valence-electron chi connectivity index (χ0n) is 14.4. The molecule has 0 spiro atoms. The Kier molecular flexibility index (Phi) is 5.76. The number of thiophene rings is 1. The van der Waals surface area contributed by atoms with Crippen LogP contribution >= 0.6 is 11.3 Å². The lowest BCUT2D eigenvalue weighted by Crippen LogP contribution is -2.27. The second-order valence-electron chi connectivity index (χ2n) is 5.80. The number of nitrogens with one attached hydrogen (secondary N) is 2. The molecule has 0 aliphatic rings. The molecule has 1 aromatic carbocycles. The van der Waals surface area contributed by atoms with Gasteiger partial charge in [-0.25, -0.2) is 4.98 Å². The smallest absolute Gasteiger partial charge is 0.262 e. The van der Waals surface area contributed by atoms with Crippen molar-refractivity contribution in [3.63, 3.8) is 0 Å². The Morgan fingerprint density at radius 3 is 2.62 bits per heavy atom. The molecule has 132 valence electrons. The van der Waals surface area contributed by atoms with E-state index in [9.17, 15) is 9.59 Å². The summed E-state index contributed by atoms with van der Waals surface area (Å²) in [6.45, 7) is 2.20. The van der Waals surface area contributed by atoms with Crippen molar-refractivity contribution >= 4 is 29.0 Å². The van der Waals surface area contributed by atoms with Crippen LogP contribution in [0, 0.1) is 6.92 Å². The maximum absolute atomic E-state index is 12.4. The molecule has 0 saturated carbocycles. The molecule has 0 aliphatic carbocycles. The van der Waals surface area contributed by atoms with Gasteiger partial charge in [0.25, 0.3) is 5.91 Å². The van der Waals surface area contributed by atoms with Gasteiger partial charge < -0.3 is 10.6 Å². The minimum atomic E-state index is -0.184. The van der Waals surface area contributed by atoms with E-state index in [4.69, 9.17) is 0 Å². The Balaban J connectivity index is 1.53. The van der Waals surface area contributed by atoms with Crippen LogP contribution in [0.3, 0.4) is 0 Å². The molecule has 0 aliphatic heterocycles. The van der Waals surface area contributed by atoms with Crippen LogP contribution in [0.1, 0.15) is 21.7 Å². The maximum atomic E-state index is 12.4. The molecule has 0 unspecified atom stereocenters. The number of amides is 2. The highest BCUT2D eigenvalue weighted by Gasteiger charge is 2.14. The normalized spacial score (nSPS) is 10.3. The van der Waals surface area contributed by atoms with E-state index >= 15 is 0 Å². The highest BCUT2D eigenvalue weighted by Crippen LogP contribution is 2.27. The molecule has 2 amide bonds. The van der Waals surface area contributed by atoms with Gasteiger partial charge in [0, 0.05) is 24.7 Å².